The third-order valence-electron chi connectivity index (χ3n) is 4.06. The average molecular weight is 321 g/mol. The summed E-state index contributed by atoms with van der Waals surface area (Å²) in [6.07, 6.45) is 0. The monoisotopic (exact) mass is 321 g/mol. The van der Waals surface area contributed by atoms with Crippen LogP contribution in [0.1, 0.15) is 30.5 Å². The van der Waals surface area contributed by atoms with Crippen LogP contribution in [-0.2, 0) is 12.0 Å². The average Bonchev–Trinajstić information content (AvgIpc) is 2.60. The minimum Gasteiger partial charge on any atom is -0.337 e. The van der Waals surface area contributed by atoms with Gasteiger partial charge in [0.05, 0.1) is 11.6 Å². The molecule has 0 heterocycles. The Morgan fingerprint density at radius 3 is 2.54 bits per heavy atom. The number of urea groups is 1. The second kappa shape index (κ2) is 7.65. The zero-order valence-electron chi connectivity index (χ0n) is 14.4. The number of amides is 2. The zero-order valence-corrected chi connectivity index (χ0v) is 14.4. The molecular weight excluding hydrogens is 298 g/mol. The van der Waals surface area contributed by atoms with E-state index in [9.17, 15) is 4.79 Å². The van der Waals surface area contributed by atoms with E-state index in [-0.39, 0.29) is 11.4 Å². The first-order valence-corrected chi connectivity index (χ1v) is 7.96. The van der Waals surface area contributed by atoms with Crippen molar-refractivity contribution >= 4 is 6.03 Å². The molecule has 0 fully saturated rings. The summed E-state index contributed by atoms with van der Waals surface area (Å²) >= 11 is 0. The first-order chi connectivity index (χ1) is 11.4. The number of nitrogens with zero attached hydrogens (tertiary/aromatic N) is 2. The van der Waals surface area contributed by atoms with Gasteiger partial charge >= 0.3 is 6.03 Å². The molecule has 2 aromatic carbocycles. The van der Waals surface area contributed by atoms with Crippen LogP contribution in [0.25, 0.3) is 0 Å². The number of hydrogen-bond donors (Lipinski definition) is 1. The van der Waals surface area contributed by atoms with Crippen LogP contribution in [0.5, 0.6) is 0 Å². The molecule has 2 amide bonds. The molecule has 0 spiro atoms. The van der Waals surface area contributed by atoms with Crippen molar-refractivity contribution in [1.82, 2.24) is 10.2 Å². The summed E-state index contributed by atoms with van der Waals surface area (Å²) < 4.78 is 0. The van der Waals surface area contributed by atoms with Crippen molar-refractivity contribution in [1.29, 1.82) is 5.26 Å². The van der Waals surface area contributed by atoms with Gasteiger partial charge in [-0.15, -0.1) is 0 Å². The zero-order chi connectivity index (χ0) is 17.6. The lowest BCUT2D eigenvalue weighted by Crippen LogP contribution is -2.42. The van der Waals surface area contributed by atoms with Gasteiger partial charge in [-0.1, -0.05) is 56.3 Å². The Morgan fingerprint density at radius 2 is 1.88 bits per heavy atom. The van der Waals surface area contributed by atoms with Crippen LogP contribution in [0, 0.1) is 11.3 Å². The predicted molar refractivity (Wildman–Crippen MR) is 95.5 cm³/mol. The number of carbonyl (C=O) groups excluding carboxylic acids is 1. The molecule has 0 atom stereocenters. The normalized spacial score (nSPS) is 10.8. The van der Waals surface area contributed by atoms with E-state index in [1.54, 1.807) is 24.1 Å². The van der Waals surface area contributed by atoms with Crippen molar-refractivity contribution in [3.05, 3.63) is 71.3 Å². The number of benzene rings is 2. The van der Waals surface area contributed by atoms with E-state index in [1.807, 2.05) is 30.3 Å². The molecule has 0 radical (unpaired) electrons. The van der Waals surface area contributed by atoms with Gasteiger partial charge < -0.3 is 10.2 Å². The van der Waals surface area contributed by atoms with Gasteiger partial charge in [-0.05, 0) is 23.3 Å². The summed E-state index contributed by atoms with van der Waals surface area (Å²) in [7, 11) is 1.75. The minimum atomic E-state index is -0.140. The Hall–Kier alpha value is -2.80. The lowest BCUT2D eigenvalue weighted by Gasteiger charge is -2.27. The molecule has 2 aromatic rings. The summed E-state index contributed by atoms with van der Waals surface area (Å²) in [6.45, 7) is 5.24. The van der Waals surface area contributed by atoms with E-state index in [0.29, 0.717) is 18.7 Å². The van der Waals surface area contributed by atoms with Crippen molar-refractivity contribution in [2.24, 2.45) is 0 Å². The number of hydrogen-bond acceptors (Lipinski definition) is 2. The molecule has 0 aromatic heterocycles. The fraction of sp³-hybridized carbons (Fsp3) is 0.300. The van der Waals surface area contributed by atoms with E-state index in [0.717, 1.165) is 5.56 Å². The highest BCUT2D eigenvalue weighted by molar-refractivity contribution is 5.74. The molecule has 124 valence electrons. The summed E-state index contributed by atoms with van der Waals surface area (Å²) in [4.78, 5) is 14.0. The molecule has 0 saturated heterocycles. The Bertz CT molecular complexity index is 732. The number of rotatable bonds is 5. The van der Waals surface area contributed by atoms with Gasteiger partial charge in [0.2, 0.25) is 0 Å². The molecule has 0 bridgehead atoms. The molecule has 0 saturated carbocycles. The van der Waals surface area contributed by atoms with Gasteiger partial charge in [0, 0.05) is 25.6 Å². The second-order valence-corrected chi connectivity index (χ2v) is 6.58. The van der Waals surface area contributed by atoms with Gasteiger partial charge in [-0.2, -0.15) is 5.26 Å². The number of carbonyl (C=O) groups is 1. The molecule has 1 N–H and O–H groups in total. The van der Waals surface area contributed by atoms with Crippen LogP contribution in [-0.4, -0.2) is 24.5 Å². The maximum absolute atomic E-state index is 12.3. The van der Waals surface area contributed by atoms with E-state index in [2.05, 4.69) is 37.4 Å². The maximum atomic E-state index is 12.3. The first kappa shape index (κ1) is 17.6. The Morgan fingerprint density at radius 1 is 1.17 bits per heavy atom. The Kier molecular flexibility index (Phi) is 5.59. The number of nitrogens with one attached hydrogen (secondary N) is 1. The molecule has 0 unspecified atom stereocenters. The highest BCUT2D eigenvalue weighted by Gasteiger charge is 2.22. The van der Waals surface area contributed by atoms with Crippen LogP contribution >= 0.6 is 0 Å². The smallest absolute Gasteiger partial charge is 0.317 e. The van der Waals surface area contributed by atoms with Crippen LogP contribution in [0.4, 0.5) is 4.79 Å². The molecule has 0 aliphatic carbocycles. The third-order valence-corrected chi connectivity index (χ3v) is 4.06. The number of nitriles is 1. The lowest BCUT2D eigenvalue weighted by molar-refractivity contribution is 0.204. The van der Waals surface area contributed by atoms with Crippen LogP contribution in [0.15, 0.2) is 54.6 Å². The SMILES string of the molecule is CN(Cc1cccc(C#N)c1)C(=O)NCC(C)(C)c1ccccc1. The predicted octanol–water partition coefficient (Wildman–Crippen LogP) is 3.68. The highest BCUT2D eigenvalue weighted by atomic mass is 16.2. The summed E-state index contributed by atoms with van der Waals surface area (Å²) in [6, 6.07) is 19.4. The van der Waals surface area contributed by atoms with Crippen molar-refractivity contribution in [3.8, 4) is 6.07 Å². The van der Waals surface area contributed by atoms with Gasteiger partial charge in [0.15, 0.2) is 0 Å². The molecular formula is C20H23N3O. The quantitative estimate of drug-likeness (QED) is 0.913. The molecule has 4 nitrogen and oxygen atoms in total. The van der Waals surface area contributed by atoms with E-state index in [1.165, 1.54) is 5.56 Å². The van der Waals surface area contributed by atoms with Crippen LogP contribution in [0.2, 0.25) is 0 Å². The summed E-state index contributed by atoms with van der Waals surface area (Å²) in [5, 5.41) is 11.9. The standard InChI is InChI=1S/C20H23N3O/c1-20(2,18-10-5-4-6-11-18)15-22-19(24)23(3)14-17-9-7-8-16(12-17)13-21/h4-12H,14-15H2,1-3H3,(H,22,24). The topological polar surface area (TPSA) is 56.1 Å². The van der Waals surface area contributed by atoms with Gasteiger partial charge in [0.25, 0.3) is 0 Å². The molecule has 0 aliphatic rings. The molecule has 2 rings (SSSR count). The van der Waals surface area contributed by atoms with Crippen molar-refractivity contribution < 1.29 is 4.79 Å². The van der Waals surface area contributed by atoms with Crippen LogP contribution < -0.4 is 5.32 Å². The second-order valence-electron chi connectivity index (χ2n) is 6.58. The van der Waals surface area contributed by atoms with E-state index >= 15 is 0 Å². The molecule has 0 aliphatic heterocycles. The Labute approximate surface area is 143 Å². The van der Waals surface area contributed by atoms with E-state index < -0.39 is 0 Å². The van der Waals surface area contributed by atoms with Crippen molar-refractivity contribution in [3.63, 3.8) is 0 Å². The van der Waals surface area contributed by atoms with E-state index in [4.69, 9.17) is 5.26 Å². The third kappa shape index (κ3) is 4.60. The molecule has 4 heteroatoms. The van der Waals surface area contributed by atoms with Crippen molar-refractivity contribution in [2.75, 3.05) is 13.6 Å². The van der Waals surface area contributed by atoms with Gasteiger partial charge in [-0.3, -0.25) is 0 Å². The fourth-order valence-electron chi connectivity index (χ4n) is 2.51. The largest absolute Gasteiger partial charge is 0.337 e. The van der Waals surface area contributed by atoms with Gasteiger partial charge in [-0.25, -0.2) is 4.79 Å². The van der Waals surface area contributed by atoms with Gasteiger partial charge in [0.1, 0.15) is 0 Å². The molecule has 24 heavy (non-hydrogen) atoms. The fourth-order valence-corrected chi connectivity index (χ4v) is 2.51. The first-order valence-electron chi connectivity index (χ1n) is 7.96. The lowest BCUT2D eigenvalue weighted by atomic mass is 9.85. The highest BCUT2D eigenvalue weighted by Crippen LogP contribution is 2.21. The maximum Gasteiger partial charge on any atom is 0.317 e. The Balaban J connectivity index is 1.93. The summed E-state index contributed by atoms with van der Waals surface area (Å²) in [5.74, 6) is 0. The minimum absolute atomic E-state index is 0.124. The van der Waals surface area contributed by atoms with Crippen LogP contribution in [0.3, 0.4) is 0 Å². The summed E-state index contributed by atoms with van der Waals surface area (Å²) in [5.41, 5.74) is 2.59. The van der Waals surface area contributed by atoms with Crippen molar-refractivity contribution in [2.45, 2.75) is 25.8 Å².